The smallest absolute Gasteiger partial charge is 0.180 e. The second-order valence-corrected chi connectivity index (χ2v) is 5.98. The third-order valence-corrected chi connectivity index (χ3v) is 4.33. The molecule has 6 heteroatoms. The highest BCUT2D eigenvalue weighted by atomic mass is 32.2. The summed E-state index contributed by atoms with van der Waals surface area (Å²) in [5.74, 6) is 0.729. The van der Waals surface area contributed by atoms with E-state index in [9.17, 15) is 8.42 Å². The first-order chi connectivity index (χ1) is 8.63. The van der Waals surface area contributed by atoms with Gasteiger partial charge in [-0.25, -0.2) is 8.42 Å². The number of rotatable bonds is 5. The molecule has 0 atom stereocenters. The van der Waals surface area contributed by atoms with E-state index in [4.69, 9.17) is 4.52 Å². The van der Waals surface area contributed by atoms with E-state index in [1.54, 1.807) is 43.5 Å². The molecule has 0 unspecified atom stereocenters. The van der Waals surface area contributed by atoms with E-state index in [0.717, 1.165) is 0 Å². The van der Waals surface area contributed by atoms with E-state index in [1.807, 2.05) is 0 Å². The lowest BCUT2D eigenvalue weighted by atomic mass is 10.3. The van der Waals surface area contributed by atoms with Crippen molar-refractivity contribution in [2.24, 2.45) is 0 Å². The fraction of sp³-hybridized carbons (Fsp3) is 0.250. The summed E-state index contributed by atoms with van der Waals surface area (Å²) < 4.78 is 28.8. The Labute approximate surface area is 106 Å². The van der Waals surface area contributed by atoms with Crippen LogP contribution in [0.3, 0.4) is 0 Å². The van der Waals surface area contributed by atoms with Crippen molar-refractivity contribution in [1.82, 2.24) is 5.16 Å². The maximum Gasteiger partial charge on any atom is 0.180 e. The minimum absolute atomic E-state index is 0.0774. The molecule has 18 heavy (non-hydrogen) atoms. The Bertz CT molecular complexity index is 606. The van der Waals surface area contributed by atoms with Gasteiger partial charge in [0.2, 0.25) is 0 Å². The largest absolute Gasteiger partial charge is 0.377 e. The molecule has 0 saturated carbocycles. The summed E-state index contributed by atoms with van der Waals surface area (Å²) in [6.07, 6.45) is 1.55. The van der Waals surface area contributed by atoms with Crippen molar-refractivity contribution in [3.63, 3.8) is 0 Å². The first-order valence-electron chi connectivity index (χ1n) is 5.58. The third kappa shape index (κ3) is 2.70. The number of sulfone groups is 1. The van der Waals surface area contributed by atoms with Gasteiger partial charge in [0.15, 0.2) is 15.6 Å². The van der Waals surface area contributed by atoms with Crippen molar-refractivity contribution < 1.29 is 12.9 Å². The molecule has 2 rings (SSSR count). The number of para-hydroxylation sites is 1. The molecule has 0 bridgehead atoms. The molecule has 1 aromatic carbocycles. The van der Waals surface area contributed by atoms with Crippen LogP contribution in [-0.2, 0) is 16.4 Å². The van der Waals surface area contributed by atoms with Gasteiger partial charge in [0.1, 0.15) is 0 Å². The van der Waals surface area contributed by atoms with Gasteiger partial charge in [-0.3, -0.25) is 0 Å². The summed E-state index contributed by atoms with van der Waals surface area (Å²) >= 11 is 0. The second-order valence-electron chi connectivity index (χ2n) is 3.73. The fourth-order valence-corrected chi connectivity index (χ4v) is 2.63. The van der Waals surface area contributed by atoms with Crippen molar-refractivity contribution in [3.05, 3.63) is 42.3 Å². The quantitative estimate of drug-likeness (QED) is 0.897. The Hall–Kier alpha value is -1.82. The van der Waals surface area contributed by atoms with Gasteiger partial charge in [0.05, 0.1) is 29.1 Å². The molecule has 0 aliphatic carbocycles. The zero-order valence-corrected chi connectivity index (χ0v) is 10.8. The summed E-state index contributed by atoms with van der Waals surface area (Å²) in [5, 5.41) is 6.63. The lowest BCUT2D eigenvalue weighted by Crippen LogP contribution is -2.08. The van der Waals surface area contributed by atoms with Crippen molar-refractivity contribution in [1.29, 1.82) is 0 Å². The van der Waals surface area contributed by atoms with Crippen LogP contribution in [0.15, 0.2) is 45.9 Å². The van der Waals surface area contributed by atoms with Gasteiger partial charge in [-0.05, 0) is 12.1 Å². The van der Waals surface area contributed by atoms with Crippen LogP contribution in [0.4, 0.5) is 5.69 Å². The molecule has 0 radical (unpaired) electrons. The monoisotopic (exact) mass is 266 g/mol. The number of anilines is 1. The lowest BCUT2D eigenvalue weighted by Gasteiger charge is -2.10. The Morgan fingerprint density at radius 1 is 1.28 bits per heavy atom. The Morgan fingerprint density at radius 3 is 2.72 bits per heavy atom. The molecule has 1 heterocycles. The predicted octanol–water partition coefficient (Wildman–Crippen LogP) is 2.08. The molecule has 2 aromatic rings. The Kier molecular flexibility index (Phi) is 3.66. The van der Waals surface area contributed by atoms with Gasteiger partial charge >= 0.3 is 0 Å². The number of nitrogens with one attached hydrogen (secondary N) is 1. The second kappa shape index (κ2) is 5.22. The van der Waals surface area contributed by atoms with Crippen molar-refractivity contribution in [3.8, 4) is 0 Å². The molecule has 0 aliphatic heterocycles. The number of nitrogens with zero attached hydrogens (tertiary/aromatic N) is 1. The summed E-state index contributed by atoms with van der Waals surface area (Å²) in [6.45, 7) is 2.03. The average Bonchev–Trinajstić information content (AvgIpc) is 2.90. The molecule has 1 aromatic heterocycles. The summed E-state index contributed by atoms with van der Waals surface area (Å²) in [7, 11) is -3.23. The fourth-order valence-electron chi connectivity index (χ4n) is 1.56. The molecular formula is C12H14N2O3S. The number of aromatic nitrogens is 1. The van der Waals surface area contributed by atoms with Gasteiger partial charge in [-0.2, -0.15) is 0 Å². The SMILES string of the molecule is CCS(=O)(=O)c1ccccc1NCc1ccno1. The summed E-state index contributed by atoms with van der Waals surface area (Å²) in [4.78, 5) is 0.312. The highest BCUT2D eigenvalue weighted by molar-refractivity contribution is 7.91. The standard InChI is InChI=1S/C12H14N2O3S/c1-2-18(15,16)12-6-4-3-5-11(12)13-9-10-7-8-14-17-10/h3-8,13H,2,9H2,1H3. The van der Waals surface area contributed by atoms with Crippen molar-refractivity contribution in [2.75, 3.05) is 11.1 Å². The Morgan fingerprint density at radius 2 is 2.06 bits per heavy atom. The van der Waals surface area contributed by atoms with Crippen LogP contribution in [0.1, 0.15) is 12.7 Å². The molecule has 96 valence electrons. The van der Waals surface area contributed by atoms with E-state index in [1.165, 1.54) is 0 Å². The molecule has 0 spiro atoms. The van der Waals surface area contributed by atoms with Gasteiger partial charge in [-0.1, -0.05) is 24.2 Å². The minimum Gasteiger partial charge on any atom is -0.377 e. The molecule has 0 aliphatic rings. The van der Waals surface area contributed by atoms with Crippen molar-refractivity contribution in [2.45, 2.75) is 18.4 Å². The molecule has 1 N–H and O–H groups in total. The molecule has 5 nitrogen and oxygen atoms in total. The van der Waals surface area contributed by atoms with Crippen LogP contribution in [-0.4, -0.2) is 19.3 Å². The maximum atomic E-state index is 11.9. The van der Waals surface area contributed by atoms with Crippen LogP contribution in [0.2, 0.25) is 0 Å². The summed E-state index contributed by atoms with van der Waals surface area (Å²) in [6, 6.07) is 8.56. The van der Waals surface area contributed by atoms with E-state index in [-0.39, 0.29) is 5.75 Å². The van der Waals surface area contributed by atoms with Gasteiger partial charge in [0, 0.05) is 6.07 Å². The predicted molar refractivity (Wildman–Crippen MR) is 68.0 cm³/mol. The van der Waals surface area contributed by atoms with Gasteiger partial charge in [0.25, 0.3) is 0 Å². The van der Waals surface area contributed by atoms with Crippen LogP contribution in [0, 0.1) is 0 Å². The first-order valence-corrected chi connectivity index (χ1v) is 7.24. The van der Waals surface area contributed by atoms with Crippen molar-refractivity contribution >= 4 is 15.5 Å². The Balaban J connectivity index is 2.23. The highest BCUT2D eigenvalue weighted by Gasteiger charge is 2.15. The highest BCUT2D eigenvalue weighted by Crippen LogP contribution is 2.22. The summed E-state index contributed by atoms with van der Waals surface area (Å²) in [5.41, 5.74) is 0.579. The zero-order valence-electron chi connectivity index (χ0n) is 9.96. The van der Waals surface area contributed by atoms with Gasteiger partial charge < -0.3 is 9.84 Å². The van der Waals surface area contributed by atoms with E-state index in [2.05, 4.69) is 10.5 Å². The maximum absolute atomic E-state index is 11.9. The topological polar surface area (TPSA) is 72.2 Å². The first kappa shape index (κ1) is 12.6. The lowest BCUT2D eigenvalue weighted by molar-refractivity contribution is 0.388. The van der Waals surface area contributed by atoms with E-state index in [0.29, 0.717) is 22.9 Å². The number of hydrogen-bond donors (Lipinski definition) is 1. The van der Waals surface area contributed by atoms with Crippen LogP contribution in [0.5, 0.6) is 0 Å². The number of benzene rings is 1. The molecule has 0 saturated heterocycles. The average molecular weight is 266 g/mol. The van der Waals surface area contributed by atoms with Gasteiger partial charge in [-0.15, -0.1) is 0 Å². The normalized spacial score (nSPS) is 11.4. The van der Waals surface area contributed by atoms with Crippen LogP contribution >= 0.6 is 0 Å². The molecule has 0 amide bonds. The minimum atomic E-state index is -3.23. The van der Waals surface area contributed by atoms with E-state index < -0.39 is 9.84 Å². The van der Waals surface area contributed by atoms with Crippen LogP contribution < -0.4 is 5.32 Å². The van der Waals surface area contributed by atoms with E-state index >= 15 is 0 Å². The molecule has 0 fully saturated rings. The van der Waals surface area contributed by atoms with Crippen LogP contribution in [0.25, 0.3) is 0 Å². The number of hydrogen-bond acceptors (Lipinski definition) is 5. The molecular weight excluding hydrogens is 252 g/mol. The zero-order chi connectivity index (χ0) is 13.0. The third-order valence-electron chi connectivity index (χ3n) is 2.55.